The second kappa shape index (κ2) is 23.7. The molecular weight excluding hydrogens is 844 g/mol. The number of halogens is 1. The van der Waals surface area contributed by atoms with Crippen LogP contribution in [0.25, 0.3) is 23.0 Å². The van der Waals surface area contributed by atoms with E-state index >= 15 is 0 Å². The molecule has 15 nitrogen and oxygen atoms in total. The summed E-state index contributed by atoms with van der Waals surface area (Å²) in [6, 6.07) is 7.15. The highest BCUT2D eigenvalue weighted by molar-refractivity contribution is 6.30. The first kappa shape index (κ1) is 52.9. The van der Waals surface area contributed by atoms with E-state index in [9.17, 15) is 14.7 Å². The molecule has 0 aliphatic heterocycles. The second-order valence-electron chi connectivity index (χ2n) is 20.1. The number of hydrogen-bond donors (Lipinski definition) is 2. The number of ether oxygens (including phenoxy) is 1. The first-order valence-electron chi connectivity index (χ1n) is 22.5. The van der Waals surface area contributed by atoms with Crippen LogP contribution < -0.4 is 14.5 Å². The molecule has 0 amide bonds. The number of nitrogens with zero attached hydrogens (tertiary/aromatic N) is 10. The molecule has 0 aromatic carbocycles. The number of hydrogen-bond acceptors (Lipinski definition) is 15. The van der Waals surface area contributed by atoms with Crippen LogP contribution in [-0.4, -0.2) is 143 Å². The topological polar surface area (TPSA) is 174 Å². The van der Waals surface area contributed by atoms with Gasteiger partial charge in [-0.1, -0.05) is 60.1 Å². The number of anilines is 2. The number of carbonyl (C=O) groups is 2. The number of likely N-dealkylation sites (N-methyl/N-ethyl adjacent to an activating group) is 4. The molecule has 0 saturated heterocycles. The third kappa shape index (κ3) is 16.6. The van der Waals surface area contributed by atoms with Gasteiger partial charge in [-0.05, 0) is 88.8 Å². The molecule has 16 heteroatoms. The van der Waals surface area contributed by atoms with Gasteiger partial charge >= 0.3 is 0 Å². The first-order chi connectivity index (χ1) is 30.4. The maximum atomic E-state index is 12.6. The van der Waals surface area contributed by atoms with E-state index in [1.807, 2.05) is 69.1 Å². The minimum atomic E-state index is -0.622. The predicted octanol–water partition coefficient (Wildman–Crippen LogP) is 7.12. The van der Waals surface area contributed by atoms with E-state index < -0.39 is 6.10 Å². The number of aliphatic hydroxyl groups excluding tert-OH is 2. The van der Waals surface area contributed by atoms with Crippen LogP contribution in [0.5, 0.6) is 5.75 Å². The Morgan fingerprint density at radius 2 is 1.22 bits per heavy atom. The Bertz CT molecular complexity index is 2210. The van der Waals surface area contributed by atoms with Crippen molar-refractivity contribution in [1.82, 2.24) is 39.7 Å². The predicted molar refractivity (Wildman–Crippen MR) is 260 cm³/mol. The highest BCUT2D eigenvalue weighted by Gasteiger charge is 2.31. The van der Waals surface area contributed by atoms with Crippen molar-refractivity contribution in [3.63, 3.8) is 0 Å². The van der Waals surface area contributed by atoms with Crippen molar-refractivity contribution in [2.45, 2.75) is 99.0 Å². The molecule has 2 aliphatic carbocycles. The zero-order valence-electron chi connectivity index (χ0n) is 41.1. The first-order valence-corrected chi connectivity index (χ1v) is 22.9. The number of pyridine rings is 2. The molecule has 4 aromatic heterocycles. The fourth-order valence-corrected chi connectivity index (χ4v) is 7.79. The Hall–Kier alpha value is -4.67. The Kier molecular flexibility index (Phi) is 19.3. The number of ketones is 2. The Morgan fingerprint density at radius 1 is 0.723 bits per heavy atom. The number of Topliss-reactive ketones (excluding diaryl/α,β-unsaturated/α-hetero) is 2. The van der Waals surface area contributed by atoms with E-state index in [0.29, 0.717) is 84.4 Å². The van der Waals surface area contributed by atoms with Gasteiger partial charge in [0.1, 0.15) is 35.4 Å². The Balaban J connectivity index is 0.000000255. The van der Waals surface area contributed by atoms with Crippen molar-refractivity contribution >= 4 is 34.8 Å². The molecule has 65 heavy (non-hydrogen) atoms. The van der Waals surface area contributed by atoms with Gasteiger partial charge < -0.3 is 34.5 Å². The van der Waals surface area contributed by atoms with Gasteiger partial charge in [0.05, 0.1) is 37.2 Å². The lowest BCUT2D eigenvalue weighted by Crippen LogP contribution is -2.30. The van der Waals surface area contributed by atoms with Crippen LogP contribution in [0.15, 0.2) is 36.7 Å². The summed E-state index contributed by atoms with van der Waals surface area (Å²) >= 11 is 6.12. The quantitative estimate of drug-likeness (QED) is 0.116. The number of carbonyl (C=O) groups excluding carboxylic acids is 2. The van der Waals surface area contributed by atoms with E-state index in [1.165, 1.54) is 0 Å². The van der Waals surface area contributed by atoms with Crippen LogP contribution in [-0.2, 0) is 22.4 Å². The van der Waals surface area contributed by atoms with Gasteiger partial charge in [0, 0.05) is 74.6 Å². The van der Waals surface area contributed by atoms with E-state index in [1.54, 1.807) is 24.5 Å². The van der Waals surface area contributed by atoms with E-state index in [-0.39, 0.29) is 35.5 Å². The van der Waals surface area contributed by atoms with Crippen molar-refractivity contribution in [3.8, 4) is 28.8 Å². The second-order valence-corrected chi connectivity index (χ2v) is 20.6. The van der Waals surface area contributed by atoms with Crippen LogP contribution in [0.4, 0.5) is 11.6 Å². The zero-order valence-corrected chi connectivity index (χ0v) is 41.8. The standard InChI is InChI=1S/C24H35N5O3.C21H27ClN4O.C4H11NO/c1-24(2,3)14-16(30)15-29(6)23-21-18(7-8-20(21)31)26-22(27-23)19-13-17(9-10-25-19)32-12-11-28(4)5;1-13-6-7-16-18(13)20(26(5)12-15(27)11-21(2,3)4)25-19(24-16)17-10-14(22)8-9-23-17;1-5(2)3-4-6/h9-10,13,20,31H,7-8,11-12,14-15H2,1-6H3;8-10,13H,6-7,11-12H2,1-5H3;6H,3-4H2,1-2H3. The average Bonchev–Trinajstić information content (AvgIpc) is 3.77. The fourth-order valence-electron chi connectivity index (χ4n) is 7.63. The van der Waals surface area contributed by atoms with Crippen molar-refractivity contribution in [3.05, 3.63) is 64.2 Å². The lowest BCUT2D eigenvalue weighted by Gasteiger charge is -2.24. The third-order valence-corrected chi connectivity index (χ3v) is 10.8. The van der Waals surface area contributed by atoms with Crippen LogP contribution in [0.3, 0.4) is 0 Å². The van der Waals surface area contributed by atoms with Gasteiger partial charge in [0.2, 0.25) is 0 Å². The molecule has 2 N–H and O–H groups in total. The SMILES string of the molecule is CC1CCc2nc(-c3cc(Cl)ccn3)nc(N(C)CC(=O)CC(C)(C)C)c21.CN(C)CCO.CN(C)CCOc1ccnc(-c2nc3c(c(N(C)CC(=O)CC(C)(C)C)n2)C(O)CC3)c1. The van der Waals surface area contributed by atoms with Crippen LogP contribution >= 0.6 is 11.6 Å². The molecular formula is C49H73ClN10O5. The molecule has 0 spiro atoms. The van der Waals surface area contributed by atoms with Crippen LogP contribution in [0, 0.1) is 10.8 Å². The van der Waals surface area contributed by atoms with Gasteiger partial charge in [-0.2, -0.15) is 0 Å². The molecule has 4 heterocycles. The number of aryl methyl sites for hydroxylation is 2. The van der Waals surface area contributed by atoms with Crippen molar-refractivity contribution in [1.29, 1.82) is 0 Å². The summed E-state index contributed by atoms with van der Waals surface area (Å²) in [5.74, 6) is 3.91. The summed E-state index contributed by atoms with van der Waals surface area (Å²) in [6.07, 6.45) is 6.98. The average molecular weight is 918 g/mol. The molecule has 0 radical (unpaired) electrons. The molecule has 4 aromatic rings. The van der Waals surface area contributed by atoms with Crippen molar-refractivity contribution < 1.29 is 24.5 Å². The lowest BCUT2D eigenvalue weighted by molar-refractivity contribution is -0.120. The van der Waals surface area contributed by atoms with Crippen LogP contribution in [0.1, 0.15) is 109 Å². The normalized spacial score (nSPS) is 15.4. The maximum absolute atomic E-state index is 12.6. The monoisotopic (exact) mass is 917 g/mol. The number of fused-ring (bicyclic) bond motifs is 2. The molecule has 0 fully saturated rings. The molecule has 356 valence electrons. The summed E-state index contributed by atoms with van der Waals surface area (Å²) < 4.78 is 5.83. The highest BCUT2D eigenvalue weighted by atomic mass is 35.5. The van der Waals surface area contributed by atoms with Crippen molar-refractivity contribution in [2.75, 3.05) is 91.5 Å². The summed E-state index contributed by atoms with van der Waals surface area (Å²) in [6.45, 7) is 17.6. The number of rotatable bonds is 16. The maximum Gasteiger partial charge on any atom is 0.180 e. The third-order valence-electron chi connectivity index (χ3n) is 10.6. The van der Waals surface area contributed by atoms with Gasteiger partial charge in [0.15, 0.2) is 23.2 Å². The Labute approximate surface area is 392 Å². The number of aromatic nitrogens is 6. The minimum absolute atomic E-state index is 0.0191. The molecule has 2 aliphatic rings. The van der Waals surface area contributed by atoms with Gasteiger partial charge in [-0.15, -0.1) is 0 Å². The lowest BCUT2D eigenvalue weighted by atomic mass is 9.90. The van der Waals surface area contributed by atoms with Gasteiger partial charge in [0.25, 0.3) is 0 Å². The Morgan fingerprint density at radius 3 is 1.71 bits per heavy atom. The molecule has 2 atom stereocenters. The van der Waals surface area contributed by atoms with Crippen LogP contribution in [0.2, 0.25) is 5.02 Å². The molecule has 0 bridgehead atoms. The van der Waals surface area contributed by atoms with E-state index in [2.05, 4.69) is 63.3 Å². The van der Waals surface area contributed by atoms with Gasteiger partial charge in [-0.25, -0.2) is 19.9 Å². The zero-order chi connectivity index (χ0) is 48.2. The smallest absolute Gasteiger partial charge is 0.180 e. The summed E-state index contributed by atoms with van der Waals surface area (Å²) in [5, 5.41) is 19.3. The summed E-state index contributed by atoms with van der Waals surface area (Å²) in [4.78, 5) is 60.7. The van der Waals surface area contributed by atoms with E-state index in [0.717, 1.165) is 54.3 Å². The summed E-state index contributed by atoms with van der Waals surface area (Å²) in [7, 11) is 11.6. The minimum Gasteiger partial charge on any atom is -0.492 e. The largest absolute Gasteiger partial charge is 0.492 e. The molecule has 2 unspecified atom stereocenters. The number of aliphatic hydroxyl groups is 2. The molecule has 0 saturated carbocycles. The summed E-state index contributed by atoms with van der Waals surface area (Å²) in [5.41, 5.74) is 4.91. The molecule has 6 rings (SSSR count). The fraction of sp³-hybridized carbons (Fsp3) is 0.592. The van der Waals surface area contributed by atoms with Gasteiger partial charge in [-0.3, -0.25) is 19.6 Å². The van der Waals surface area contributed by atoms with E-state index in [4.69, 9.17) is 41.4 Å². The van der Waals surface area contributed by atoms with Crippen molar-refractivity contribution in [2.24, 2.45) is 10.8 Å². The highest BCUT2D eigenvalue weighted by Crippen LogP contribution is 2.40.